The van der Waals surface area contributed by atoms with Crippen LogP contribution in [0.4, 0.5) is 0 Å². The van der Waals surface area contributed by atoms with Crippen LogP contribution in [-0.2, 0) is 4.79 Å². The molecule has 0 aliphatic heterocycles. The second kappa shape index (κ2) is 10.3. The van der Waals surface area contributed by atoms with Crippen LogP contribution in [0.2, 0.25) is 0 Å². The van der Waals surface area contributed by atoms with Crippen molar-refractivity contribution < 1.29 is 9.53 Å². The molecule has 0 fully saturated rings. The number of carbonyl (C=O) groups is 1. The van der Waals surface area contributed by atoms with Gasteiger partial charge in [0.2, 0.25) is 0 Å². The van der Waals surface area contributed by atoms with Gasteiger partial charge in [-0.15, -0.1) is 0 Å². The monoisotopic (exact) mass is 373 g/mol. The van der Waals surface area contributed by atoms with E-state index in [1.807, 2.05) is 49.4 Å². The molecule has 1 N–H and O–H groups in total. The van der Waals surface area contributed by atoms with Crippen LogP contribution < -0.4 is 10.1 Å². The first kappa shape index (κ1) is 19.7. The minimum Gasteiger partial charge on any atom is -0.481 e. The first-order chi connectivity index (χ1) is 13.8. The lowest BCUT2D eigenvalue weighted by Crippen LogP contribution is -2.38. The Labute approximate surface area is 167 Å². The molecule has 0 bridgehead atoms. The van der Waals surface area contributed by atoms with Crippen molar-refractivity contribution >= 4 is 5.91 Å². The second-order valence-electron chi connectivity index (χ2n) is 6.78. The zero-order valence-corrected chi connectivity index (χ0v) is 16.3. The molecule has 3 rings (SSSR count). The van der Waals surface area contributed by atoms with E-state index >= 15 is 0 Å². The van der Waals surface area contributed by atoms with Crippen LogP contribution in [-0.4, -0.2) is 18.6 Å². The molecule has 3 nitrogen and oxygen atoms in total. The zero-order valence-electron chi connectivity index (χ0n) is 16.3. The minimum atomic E-state index is -0.477. The first-order valence-corrected chi connectivity index (χ1v) is 9.87. The van der Waals surface area contributed by atoms with E-state index in [2.05, 4.69) is 53.8 Å². The summed E-state index contributed by atoms with van der Waals surface area (Å²) in [4.78, 5) is 12.6. The van der Waals surface area contributed by atoms with Gasteiger partial charge in [0.05, 0.1) is 0 Å². The summed E-state index contributed by atoms with van der Waals surface area (Å²) in [6, 6.07) is 30.4. The summed E-state index contributed by atoms with van der Waals surface area (Å²) < 4.78 is 5.84. The van der Waals surface area contributed by atoms with Crippen molar-refractivity contribution in [3.8, 4) is 5.75 Å². The molecule has 0 spiro atoms. The average molecular weight is 373 g/mol. The smallest absolute Gasteiger partial charge is 0.261 e. The standard InChI is InChI=1S/C25H27NO2/c1-2-24(28-22-16-10-5-11-17-22)25(27)26-19-18-23(20-12-6-3-7-13-20)21-14-8-4-9-15-21/h3-17,23-24H,2,18-19H2,1H3,(H,26,27). The van der Waals surface area contributed by atoms with E-state index in [9.17, 15) is 4.79 Å². The number of rotatable bonds is 9. The Bertz CT molecular complexity index is 795. The Morgan fingerprint density at radius 2 is 1.32 bits per heavy atom. The lowest BCUT2D eigenvalue weighted by molar-refractivity contribution is -0.128. The van der Waals surface area contributed by atoms with Crippen molar-refractivity contribution in [3.63, 3.8) is 0 Å². The SMILES string of the molecule is CCC(Oc1ccccc1)C(=O)NCCC(c1ccccc1)c1ccccc1. The van der Waals surface area contributed by atoms with Gasteiger partial charge < -0.3 is 10.1 Å². The van der Waals surface area contributed by atoms with E-state index in [1.165, 1.54) is 11.1 Å². The van der Waals surface area contributed by atoms with Gasteiger partial charge in [0.25, 0.3) is 5.91 Å². The number of amides is 1. The van der Waals surface area contributed by atoms with Crippen molar-refractivity contribution in [1.82, 2.24) is 5.32 Å². The van der Waals surface area contributed by atoms with Crippen LogP contribution in [0.25, 0.3) is 0 Å². The number of para-hydroxylation sites is 1. The highest BCUT2D eigenvalue weighted by Crippen LogP contribution is 2.27. The Morgan fingerprint density at radius 3 is 1.82 bits per heavy atom. The summed E-state index contributed by atoms with van der Waals surface area (Å²) in [6.45, 7) is 2.56. The largest absolute Gasteiger partial charge is 0.481 e. The predicted octanol–water partition coefficient (Wildman–Crippen LogP) is 5.18. The van der Waals surface area contributed by atoms with Gasteiger partial charge in [-0.1, -0.05) is 85.8 Å². The fourth-order valence-electron chi connectivity index (χ4n) is 3.34. The Kier molecular flexibility index (Phi) is 7.25. The normalized spacial score (nSPS) is 11.8. The number of benzene rings is 3. The van der Waals surface area contributed by atoms with Crippen LogP contribution in [0.5, 0.6) is 5.75 Å². The number of nitrogens with one attached hydrogen (secondary N) is 1. The maximum Gasteiger partial charge on any atom is 0.261 e. The molecule has 0 radical (unpaired) electrons. The summed E-state index contributed by atoms with van der Waals surface area (Å²) in [5.41, 5.74) is 2.52. The van der Waals surface area contributed by atoms with E-state index < -0.39 is 6.10 Å². The topological polar surface area (TPSA) is 38.3 Å². The van der Waals surface area contributed by atoms with Gasteiger partial charge in [-0.2, -0.15) is 0 Å². The summed E-state index contributed by atoms with van der Waals surface area (Å²) in [5.74, 6) is 0.903. The fourth-order valence-corrected chi connectivity index (χ4v) is 3.34. The van der Waals surface area contributed by atoms with Crippen LogP contribution >= 0.6 is 0 Å². The molecule has 0 aromatic heterocycles. The van der Waals surface area contributed by atoms with Crippen molar-refractivity contribution in [2.45, 2.75) is 31.8 Å². The van der Waals surface area contributed by atoms with Crippen LogP contribution in [0, 0.1) is 0 Å². The Hall–Kier alpha value is -3.07. The van der Waals surface area contributed by atoms with Crippen LogP contribution in [0.1, 0.15) is 36.8 Å². The highest BCUT2D eigenvalue weighted by atomic mass is 16.5. The summed E-state index contributed by atoms with van der Waals surface area (Å²) in [7, 11) is 0. The van der Waals surface area contributed by atoms with Gasteiger partial charge in [0.15, 0.2) is 6.10 Å². The predicted molar refractivity (Wildman–Crippen MR) is 114 cm³/mol. The van der Waals surface area contributed by atoms with E-state index in [0.717, 1.165) is 12.2 Å². The highest BCUT2D eigenvalue weighted by molar-refractivity contribution is 5.81. The molecule has 0 aliphatic rings. The van der Waals surface area contributed by atoms with E-state index in [0.29, 0.717) is 13.0 Å². The average Bonchev–Trinajstić information content (AvgIpc) is 2.77. The Morgan fingerprint density at radius 1 is 0.821 bits per heavy atom. The number of hydrogen-bond donors (Lipinski definition) is 1. The van der Waals surface area contributed by atoms with Gasteiger partial charge in [-0.3, -0.25) is 4.79 Å². The van der Waals surface area contributed by atoms with Gasteiger partial charge >= 0.3 is 0 Å². The summed E-state index contributed by atoms with van der Waals surface area (Å²) in [6.07, 6.45) is 0.984. The molecule has 1 amide bonds. The molecule has 144 valence electrons. The third kappa shape index (κ3) is 5.46. The van der Waals surface area contributed by atoms with Gasteiger partial charge in [-0.05, 0) is 36.1 Å². The van der Waals surface area contributed by atoms with Gasteiger partial charge in [-0.25, -0.2) is 0 Å². The van der Waals surface area contributed by atoms with Crippen molar-refractivity contribution in [2.24, 2.45) is 0 Å². The molecular weight excluding hydrogens is 346 g/mol. The van der Waals surface area contributed by atoms with Gasteiger partial charge in [0, 0.05) is 12.5 Å². The molecule has 3 aromatic rings. The minimum absolute atomic E-state index is 0.0637. The van der Waals surface area contributed by atoms with E-state index in [1.54, 1.807) is 0 Å². The maximum atomic E-state index is 12.6. The third-order valence-corrected chi connectivity index (χ3v) is 4.82. The van der Waals surface area contributed by atoms with Crippen LogP contribution in [0.15, 0.2) is 91.0 Å². The molecule has 0 aliphatic carbocycles. The molecule has 1 unspecified atom stereocenters. The van der Waals surface area contributed by atoms with E-state index in [-0.39, 0.29) is 11.8 Å². The molecule has 0 saturated heterocycles. The number of hydrogen-bond acceptors (Lipinski definition) is 2. The molecule has 3 aromatic carbocycles. The number of ether oxygens (including phenoxy) is 1. The van der Waals surface area contributed by atoms with Crippen molar-refractivity contribution in [3.05, 3.63) is 102 Å². The van der Waals surface area contributed by atoms with Gasteiger partial charge in [0.1, 0.15) is 5.75 Å². The highest BCUT2D eigenvalue weighted by Gasteiger charge is 2.19. The van der Waals surface area contributed by atoms with Crippen LogP contribution in [0.3, 0.4) is 0 Å². The quantitative estimate of drug-likeness (QED) is 0.561. The maximum absolute atomic E-state index is 12.6. The molecule has 0 saturated carbocycles. The molecule has 0 heterocycles. The molecule has 1 atom stereocenters. The zero-order chi connectivity index (χ0) is 19.6. The molecular formula is C25H27NO2. The molecule has 28 heavy (non-hydrogen) atoms. The summed E-state index contributed by atoms with van der Waals surface area (Å²) in [5, 5.41) is 3.06. The lowest BCUT2D eigenvalue weighted by atomic mass is 9.88. The van der Waals surface area contributed by atoms with E-state index in [4.69, 9.17) is 4.74 Å². The molecule has 3 heteroatoms. The Balaban J connectivity index is 1.61. The third-order valence-electron chi connectivity index (χ3n) is 4.82. The fraction of sp³-hybridized carbons (Fsp3) is 0.240. The van der Waals surface area contributed by atoms with Crippen molar-refractivity contribution in [2.75, 3.05) is 6.54 Å². The number of carbonyl (C=O) groups excluding carboxylic acids is 1. The van der Waals surface area contributed by atoms with Crippen molar-refractivity contribution in [1.29, 1.82) is 0 Å². The first-order valence-electron chi connectivity index (χ1n) is 9.87. The summed E-state index contributed by atoms with van der Waals surface area (Å²) >= 11 is 0. The lowest BCUT2D eigenvalue weighted by Gasteiger charge is -2.20. The second-order valence-corrected chi connectivity index (χ2v) is 6.78.